The van der Waals surface area contributed by atoms with Crippen molar-refractivity contribution >= 4 is 23.4 Å². The van der Waals surface area contributed by atoms with Crippen LogP contribution in [-0.2, 0) is 23.2 Å². The minimum Gasteiger partial charge on any atom is -0.495 e. The molecule has 186 valence electrons. The van der Waals surface area contributed by atoms with E-state index in [0.29, 0.717) is 23.1 Å². The summed E-state index contributed by atoms with van der Waals surface area (Å²) in [6, 6.07) is 15.6. The molecule has 1 spiro atoms. The number of carbonyl (C=O) groups is 1. The van der Waals surface area contributed by atoms with Crippen molar-refractivity contribution in [1.29, 1.82) is 0 Å². The molecule has 1 fully saturated rings. The van der Waals surface area contributed by atoms with Gasteiger partial charge in [-0.25, -0.2) is 4.98 Å². The highest BCUT2D eigenvalue weighted by molar-refractivity contribution is 7.99. The third kappa shape index (κ3) is 4.48. The summed E-state index contributed by atoms with van der Waals surface area (Å²) in [5.74, 6) is 0.526. The molecule has 1 aromatic heterocycles. The van der Waals surface area contributed by atoms with E-state index in [0.717, 1.165) is 54.5 Å². The number of para-hydroxylation sites is 2. The summed E-state index contributed by atoms with van der Waals surface area (Å²) in [5, 5.41) is 3.45. The number of amides is 1. The maximum Gasteiger partial charge on any atom is 0.258 e. The first-order chi connectivity index (χ1) is 17.4. The normalized spacial score (nSPS) is 15.3. The van der Waals surface area contributed by atoms with Crippen LogP contribution in [0.5, 0.6) is 5.75 Å². The van der Waals surface area contributed by atoms with Gasteiger partial charge in [-0.3, -0.25) is 14.2 Å². The molecule has 0 bridgehead atoms. The van der Waals surface area contributed by atoms with E-state index in [4.69, 9.17) is 9.72 Å². The predicted octanol–water partition coefficient (Wildman–Crippen LogP) is 5.59. The topological polar surface area (TPSA) is 73.2 Å². The van der Waals surface area contributed by atoms with E-state index < -0.39 is 0 Å². The molecule has 7 heteroatoms. The Hall–Kier alpha value is -3.32. The van der Waals surface area contributed by atoms with Crippen molar-refractivity contribution in [2.45, 2.75) is 56.1 Å². The lowest BCUT2D eigenvalue weighted by Crippen LogP contribution is -2.40. The van der Waals surface area contributed by atoms with Crippen LogP contribution >= 0.6 is 11.8 Å². The smallest absolute Gasteiger partial charge is 0.258 e. The Balaban J connectivity index is 1.53. The second kappa shape index (κ2) is 9.97. The van der Waals surface area contributed by atoms with Crippen molar-refractivity contribution in [3.8, 4) is 17.0 Å². The number of carbonyl (C=O) groups excluding carboxylic acids is 1. The summed E-state index contributed by atoms with van der Waals surface area (Å²) in [4.78, 5) is 32.0. The molecule has 0 atom stereocenters. The summed E-state index contributed by atoms with van der Waals surface area (Å²) >= 11 is 1.28. The van der Waals surface area contributed by atoms with E-state index in [1.807, 2.05) is 25.1 Å². The quantitative estimate of drug-likeness (QED) is 0.259. The van der Waals surface area contributed by atoms with E-state index in [-0.39, 0.29) is 22.6 Å². The molecule has 1 N–H and O–H groups in total. The van der Waals surface area contributed by atoms with Crippen molar-refractivity contribution in [2.24, 2.45) is 0 Å². The lowest BCUT2D eigenvalue weighted by molar-refractivity contribution is -0.113. The van der Waals surface area contributed by atoms with Crippen LogP contribution in [0.4, 0.5) is 5.69 Å². The summed E-state index contributed by atoms with van der Waals surface area (Å²) < 4.78 is 7.06. The maximum atomic E-state index is 14.1. The maximum absolute atomic E-state index is 14.1. The van der Waals surface area contributed by atoms with Gasteiger partial charge in [-0.05, 0) is 43.9 Å². The molecule has 1 amide bonds. The van der Waals surface area contributed by atoms with Crippen LogP contribution < -0.4 is 15.6 Å². The molecule has 0 unspecified atom stereocenters. The van der Waals surface area contributed by atoms with Gasteiger partial charge in [0, 0.05) is 17.5 Å². The van der Waals surface area contributed by atoms with E-state index in [1.165, 1.54) is 17.3 Å². The minimum absolute atomic E-state index is 0.00652. The lowest BCUT2D eigenvalue weighted by Gasteiger charge is -2.36. The van der Waals surface area contributed by atoms with Crippen molar-refractivity contribution < 1.29 is 9.53 Å². The number of anilines is 1. The number of hydrogen-bond donors (Lipinski definition) is 1. The Kier molecular flexibility index (Phi) is 6.75. The number of rotatable bonds is 7. The van der Waals surface area contributed by atoms with Gasteiger partial charge in [0.2, 0.25) is 5.91 Å². The number of nitrogens with zero attached hydrogens (tertiary/aromatic N) is 2. The van der Waals surface area contributed by atoms with Gasteiger partial charge < -0.3 is 10.1 Å². The SMILES string of the molecule is C=C(C)Cn1c(SCC(=O)Nc2ccccc2OC)nc2c(c1=O)C1(CCCC1)Cc1ccccc1-2. The van der Waals surface area contributed by atoms with Crippen LogP contribution in [0, 0.1) is 0 Å². The lowest BCUT2D eigenvalue weighted by atomic mass is 9.68. The Labute approximate surface area is 215 Å². The fourth-order valence-electron chi connectivity index (χ4n) is 5.63. The number of thioether (sulfide) groups is 1. The standard InChI is InChI=1S/C29H31N3O3S/c1-19(2)17-32-27(34)25-26(21-11-5-4-10-20(21)16-29(25)14-8-9-15-29)31-28(32)36-18-24(33)30-22-12-6-7-13-23(22)35-3/h4-7,10-13H,1,8-9,14-18H2,2-3H3,(H,30,33). The molecule has 5 rings (SSSR count). The molecular formula is C29H31N3O3S. The first-order valence-electron chi connectivity index (χ1n) is 12.4. The predicted molar refractivity (Wildman–Crippen MR) is 145 cm³/mol. The Morgan fingerprint density at radius 2 is 1.89 bits per heavy atom. The zero-order valence-corrected chi connectivity index (χ0v) is 21.6. The number of aromatic nitrogens is 2. The molecule has 0 radical (unpaired) electrons. The largest absolute Gasteiger partial charge is 0.495 e. The Morgan fingerprint density at radius 3 is 2.64 bits per heavy atom. The fourth-order valence-corrected chi connectivity index (χ4v) is 6.42. The van der Waals surface area contributed by atoms with Crippen LogP contribution in [0.15, 0.2) is 70.6 Å². The first-order valence-corrected chi connectivity index (χ1v) is 13.3. The van der Waals surface area contributed by atoms with Crippen LogP contribution in [0.25, 0.3) is 11.3 Å². The van der Waals surface area contributed by atoms with Crippen LogP contribution in [0.3, 0.4) is 0 Å². The Morgan fingerprint density at radius 1 is 1.17 bits per heavy atom. The highest BCUT2D eigenvalue weighted by atomic mass is 32.2. The molecule has 2 aromatic carbocycles. The summed E-state index contributed by atoms with van der Waals surface area (Å²) in [6.07, 6.45) is 5.15. The van der Waals surface area contributed by atoms with Crippen molar-refractivity contribution in [2.75, 3.05) is 18.2 Å². The molecular weight excluding hydrogens is 470 g/mol. The van der Waals surface area contributed by atoms with Crippen molar-refractivity contribution in [3.05, 3.63) is 82.2 Å². The third-order valence-electron chi connectivity index (χ3n) is 7.17. The first kappa shape index (κ1) is 24.4. The van der Waals surface area contributed by atoms with E-state index in [1.54, 1.807) is 23.8 Å². The zero-order valence-electron chi connectivity index (χ0n) is 20.8. The molecule has 1 saturated carbocycles. The van der Waals surface area contributed by atoms with E-state index in [9.17, 15) is 9.59 Å². The van der Waals surface area contributed by atoms with Crippen molar-refractivity contribution in [1.82, 2.24) is 9.55 Å². The third-order valence-corrected chi connectivity index (χ3v) is 8.14. The summed E-state index contributed by atoms with van der Waals surface area (Å²) in [7, 11) is 1.57. The van der Waals surface area contributed by atoms with Gasteiger partial charge >= 0.3 is 0 Å². The molecule has 1 heterocycles. The monoisotopic (exact) mass is 501 g/mol. The highest BCUT2D eigenvalue weighted by Gasteiger charge is 2.44. The number of hydrogen-bond acceptors (Lipinski definition) is 5. The highest BCUT2D eigenvalue weighted by Crippen LogP contribution is 2.50. The Bertz CT molecular complexity index is 1390. The van der Waals surface area contributed by atoms with Gasteiger partial charge in [0.1, 0.15) is 5.75 Å². The van der Waals surface area contributed by atoms with Crippen molar-refractivity contribution in [3.63, 3.8) is 0 Å². The van der Waals surface area contributed by atoms with Crippen LogP contribution in [-0.4, -0.2) is 28.3 Å². The zero-order chi connectivity index (χ0) is 25.3. The van der Waals surface area contributed by atoms with Crippen LogP contribution in [0.1, 0.15) is 43.7 Å². The molecule has 3 aromatic rings. The number of methoxy groups -OCH3 is 1. The average molecular weight is 502 g/mol. The molecule has 0 saturated heterocycles. The van der Waals surface area contributed by atoms with Gasteiger partial charge in [-0.1, -0.05) is 73.2 Å². The number of ether oxygens (including phenoxy) is 1. The van der Waals surface area contributed by atoms with Crippen LogP contribution in [0.2, 0.25) is 0 Å². The number of fused-ring (bicyclic) bond motifs is 4. The minimum atomic E-state index is -0.189. The summed E-state index contributed by atoms with van der Waals surface area (Å²) in [5.41, 5.74) is 5.25. The van der Waals surface area contributed by atoms with Gasteiger partial charge in [0.15, 0.2) is 5.16 Å². The molecule has 2 aliphatic carbocycles. The van der Waals surface area contributed by atoms with Gasteiger partial charge in [-0.15, -0.1) is 0 Å². The number of nitrogens with one attached hydrogen (secondary N) is 1. The summed E-state index contributed by atoms with van der Waals surface area (Å²) in [6.45, 7) is 6.34. The fraction of sp³-hybridized carbons (Fsp3) is 0.345. The van der Waals surface area contributed by atoms with E-state index in [2.05, 4.69) is 30.1 Å². The second-order valence-electron chi connectivity index (χ2n) is 9.82. The second-order valence-corrected chi connectivity index (χ2v) is 10.8. The average Bonchev–Trinajstić information content (AvgIpc) is 3.33. The van der Waals surface area contributed by atoms with E-state index >= 15 is 0 Å². The van der Waals surface area contributed by atoms with Gasteiger partial charge in [-0.2, -0.15) is 0 Å². The molecule has 2 aliphatic rings. The van der Waals surface area contributed by atoms with Gasteiger partial charge in [0.25, 0.3) is 5.56 Å². The molecule has 6 nitrogen and oxygen atoms in total. The number of benzene rings is 2. The molecule has 36 heavy (non-hydrogen) atoms. The van der Waals surface area contributed by atoms with Gasteiger partial charge in [0.05, 0.1) is 29.8 Å². The molecule has 0 aliphatic heterocycles. The number of allylic oxidation sites excluding steroid dienone is 1.